The molecule has 16 heavy (non-hydrogen) atoms. The van der Waals surface area contributed by atoms with Crippen LogP contribution in [-0.2, 0) is 4.79 Å². The zero-order chi connectivity index (χ0) is 12.1. The van der Waals surface area contributed by atoms with Gasteiger partial charge in [0.1, 0.15) is 6.04 Å². The zero-order valence-electron chi connectivity index (χ0n) is 10.1. The summed E-state index contributed by atoms with van der Waals surface area (Å²) in [5.41, 5.74) is 0. The largest absolute Gasteiger partial charge is 0.480 e. The average Bonchev–Trinajstić information content (AvgIpc) is 2.19. The lowest BCUT2D eigenvalue weighted by atomic mass is 9.92. The maximum absolute atomic E-state index is 11.1. The summed E-state index contributed by atoms with van der Waals surface area (Å²) in [5, 5.41) is 21.7. The third-order valence-corrected chi connectivity index (χ3v) is 3.14. The molecule has 4 heteroatoms. The first-order valence-electron chi connectivity index (χ1n) is 6.16. The maximum atomic E-state index is 11.1. The first kappa shape index (κ1) is 13.5. The van der Waals surface area contributed by atoms with Gasteiger partial charge in [-0.1, -0.05) is 13.8 Å². The Balaban J connectivity index is 2.39. The topological polar surface area (TPSA) is 69.6 Å². The van der Waals surface area contributed by atoms with Crippen LogP contribution in [0.15, 0.2) is 0 Å². The molecule has 0 spiro atoms. The molecule has 0 aliphatic heterocycles. The van der Waals surface area contributed by atoms with Gasteiger partial charge in [0.15, 0.2) is 0 Å². The number of rotatable bonds is 5. The number of aliphatic carboxylic acids is 1. The monoisotopic (exact) mass is 229 g/mol. The summed E-state index contributed by atoms with van der Waals surface area (Å²) in [5.74, 6) is -0.386. The minimum absolute atomic E-state index is 0.188. The smallest absolute Gasteiger partial charge is 0.320 e. The van der Waals surface area contributed by atoms with Gasteiger partial charge in [-0.3, -0.25) is 4.79 Å². The molecule has 1 aliphatic rings. The first-order chi connectivity index (χ1) is 7.49. The number of aliphatic hydroxyl groups is 1. The third kappa shape index (κ3) is 4.49. The highest BCUT2D eigenvalue weighted by atomic mass is 16.4. The van der Waals surface area contributed by atoms with Crippen molar-refractivity contribution in [3.05, 3.63) is 0 Å². The van der Waals surface area contributed by atoms with Gasteiger partial charge in [0.2, 0.25) is 0 Å². The number of nitrogens with one attached hydrogen (secondary N) is 1. The second-order valence-electron chi connectivity index (χ2n) is 5.19. The van der Waals surface area contributed by atoms with Crippen molar-refractivity contribution >= 4 is 5.97 Å². The lowest BCUT2D eigenvalue weighted by molar-refractivity contribution is -0.140. The molecule has 0 aromatic rings. The fourth-order valence-electron chi connectivity index (χ4n) is 2.24. The van der Waals surface area contributed by atoms with E-state index in [4.69, 9.17) is 5.11 Å². The van der Waals surface area contributed by atoms with Crippen molar-refractivity contribution < 1.29 is 15.0 Å². The van der Waals surface area contributed by atoms with Gasteiger partial charge in [-0.05, 0) is 38.0 Å². The van der Waals surface area contributed by atoms with Crippen molar-refractivity contribution in [3.63, 3.8) is 0 Å². The van der Waals surface area contributed by atoms with E-state index in [2.05, 4.69) is 5.32 Å². The molecule has 0 amide bonds. The standard InChI is InChI=1S/C12H23NO3/c1-8(2)7-11(12(15)16)13-9-3-5-10(14)6-4-9/h8-11,13-14H,3-7H2,1-2H3,(H,15,16). The molecule has 1 atom stereocenters. The molecule has 0 heterocycles. The van der Waals surface area contributed by atoms with Crippen LogP contribution in [0, 0.1) is 5.92 Å². The van der Waals surface area contributed by atoms with Crippen LogP contribution in [-0.4, -0.2) is 34.4 Å². The number of carboxylic acid groups (broad SMARTS) is 1. The molecule has 0 radical (unpaired) electrons. The summed E-state index contributed by atoms with van der Waals surface area (Å²) in [7, 11) is 0. The van der Waals surface area contributed by atoms with E-state index in [1.807, 2.05) is 13.8 Å². The van der Waals surface area contributed by atoms with E-state index in [1.165, 1.54) is 0 Å². The van der Waals surface area contributed by atoms with Gasteiger partial charge in [-0.15, -0.1) is 0 Å². The molecule has 94 valence electrons. The highest BCUT2D eigenvalue weighted by Crippen LogP contribution is 2.19. The Labute approximate surface area is 97.0 Å². The lowest BCUT2D eigenvalue weighted by Gasteiger charge is -2.29. The quantitative estimate of drug-likeness (QED) is 0.666. The summed E-state index contributed by atoms with van der Waals surface area (Å²) in [4.78, 5) is 11.1. The summed E-state index contributed by atoms with van der Waals surface area (Å²) in [6.07, 6.45) is 3.80. The van der Waals surface area contributed by atoms with Gasteiger partial charge in [-0.2, -0.15) is 0 Å². The van der Waals surface area contributed by atoms with Crippen LogP contribution in [0.5, 0.6) is 0 Å². The number of hydrogen-bond donors (Lipinski definition) is 3. The molecular weight excluding hydrogens is 206 g/mol. The molecule has 4 nitrogen and oxygen atoms in total. The van der Waals surface area contributed by atoms with Crippen LogP contribution in [0.2, 0.25) is 0 Å². The van der Waals surface area contributed by atoms with E-state index >= 15 is 0 Å². The molecular formula is C12H23NO3. The second kappa shape index (κ2) is 6.21. The van der Waals surface area contributed by atoms with E-state index < -0.39 is 12.0 Å². The molecule has 0 saturated heterocycles. The number of aliphatic hydroxyl groups excluding tert-OH is 1. The highest BCUT2D eigenvalue weighted by molar-refractivity contribution is 5.73. The van der Waals surface area contributed by atoms with Crippen molar-refractivity contribution in [1.82, 2.24) is 5.32 Å². The van der Waals surface area contributed by atoms with Crippen LogP contribution in [0.3, 0.4) is 0 Å². The molecule has 3 N–H and O–H groups in total. The highest BCUT2D eigenvalue weighted by Gasteiger charge is 2.25. The molecule has 1 saturated carbocycles. The number of carboxylic acids is 1. The predicted octanol–water partition coefficient (Wildman–Crippen LogP) is 1.38. The normalized spacial score (nSPS) is 28.0. The van der Waals surface area contributed by atoms with Crippen molar-refractivity contribution in [2.24, 2.45) is 5.92 Å². The van der Waals surface area contributed by atoms with Crippen LogP contribution in [0.25, 0.3) is 0 Å². The Kier molecular flexibility index (Phi) is 5.22. The Morgan fingerprint density at radius 2 is 1.88 bits per heavy atom. The van der Waals surface area contributed by atoms with E-state index in [-0.39, 0.29) is 12.1 Å². The number of hydrogen-bond acceptors (Lipinski definition) is 3. The van der Waals surface area contributed by atoms with Crippen molar-refractivity contribution in [2.75, 3.05) is 0 Å². The minimum Gasteiger partial charge on any atom is -0.480 e. The SMILES string of the molecule is CC(C)CC(NC1CCC(O)CC1)C(=O)O. The van der Waals surface area contributed by atoms with Gasteiger partial charge >= 0.3 is 5.97 Å². The first-order valence-corrected chi connectivity index (χ1v) is 6.16. The Bertz CT molecular complexity index is 222. The summed E-state index contributed by atoms with van der Waals surface area (Å²) in [6, 6.07) is -0.191. The molecule has 1 fully saturated rings. The Morgan fingerprint density at radius 3 is 2.31 bits per heavy atom. The van der Waals surface area contributed by atoms with Crippen LogP contribution < -0.4 is 5.32 Å². The zero-order valence-corrected chi connectivity index (χ0v) is 10.1. The predicted molar refractivity (Wildman–Crippen MR) is 62.3 cm³/mol. The maximum Gasteiger partial charge on any atom is 0.320 e. The molecule has 0 bridgehead atoms. The van der Waals surface area contributed by atoms with Crippen molar-refractivity contribution in [3.8, 4) is 0 Å². The fourth-order valence-corrected chi connectivity index (χ4v) is 2.24. The molecule has 1 aliphatic carbocycles. The molecule has 1 rings (SSSR count). The number of carbonyl (C=O) groups is 1. The minimum atomic E-state index is -0.764. The molecule has 1 unspecified atom stereocenters. The third-order valence-electron chi connectivity index (χ3n) is 3.14. The van der Waals surface area contributed by atoms with Gasteiger partial charge in [0, 0.05) is 6.04 Å². The Hall–Kier alpha value is -0.610. The average molecular weight is 229 g/mol. The van der Waals surface area contributed by atoms with E-state index in [0.717, 1.165) is 25.7 Å². The van der Waals surface area contributed by atoms with Crippen molar-refractivity contribution in [1.29, 1.82) is 0 Å². The van der Waals surface area contributed by atoms with Crippen molar-refractivity contribution in [2.45, 2.75) is 64.1 Å². The van der Waals surface area contributed by atoms with Crippen LogP contribution >= 0.6 is 0 Å². The van der Waals surface area contributed by atoms with Gasteiger partial charge < -0.3 is 15.5 Å². The summed E-state index contributed by atoms with van der Waals surface area (Å²) in [6.45, 7) is 4.06. The molecule has 0 aromatic carbocycles. The van der Waals surface area contributed by atoms with E-state index in [0.29, 0.717) is 12.3 Å². The van der Waals surface area contributed by atoms with E-state index in [9.17, 15) is 9.90 Å². The fraction of sp³-hybridized carbons (Fsp3) is 0.917. The van der Waals surface area contributed by atoms with Crippen LogP contribution in [0.1, 0.15) is 46.0 Å². The van der Waals surface area contributed by atoms with Crippen LogP contribution in [0.4, 0.5) is 0 Å². The van der Waals surface area contributed by atoms with Gasteiger partial charge in [0.05, 0.1) is 6.10 Å². The second-order valence-corrected chi connectivity index (χ2v) is 5.19. The lowest BCUT2D eigenvalue weighted by Crippen LogP contribution is -2.45. The molecule has 0 aromatic heterocycles. The summed E-state index contributed by atoms with van der Waals surface area (Å²) < 4.78 is 0. The van der Waals surface area contributed by atoms with E-state index in [1.54, 1.807) is 0 Å². The Morgan fingerprint density at radius 1 is 1.31 bits per heavy atom. The van der Waals surface area contributed by atoms with Gasteiger partial charge in [-0.25, -0.2) is 0 Å². The van der Waals surface area contributed by atoms with Gasteiger partial charge in [0.25, 0.3) is 0 Å². The summed E-state index contributed by atoms with van der Waals surface area (Å²) >= 11 is 0.